The molecule has 0 atom stereocenters. The summed E-state index contributed by atoms with van der Waals surface area (Å²) in [6.45, 7) is 0.462. The van der Waals surface area contributed by atoms with Crippen LogP contribution in [0.15, 0.2) is 40.1 Å². The lowest BCUT2D eigenvalue weighted by atomic mass is 10.2. The predicted octanol–water partition coefficient (Wildman–Crippen LogP) is 0.291. The zero-order chi connectivity index (χ0) is 19.1. The minimum absolute atomic E-state index is 0.186. The van der Waals surface area contributed by atoms with Gasteiger partial charge in [0.1, 0.15) is 5.65 Å². The molecule has 0 unspecified atom stereocenters. The van der Waals surface area contributed by atoms with Gasteiger partial charge in [0.15, 0.2) is 11.5 Å². The minimum Gasteiger partial charge on any atom is -0.454 e. The highest BCUT2D eigenvalue weighted by Crippen LogP contribution is 2.32. The number of pyridine rings is 1. The highest BCUT2D eigenvalue weighted by molar-refractivity contribution is 5.96. The standard InChI is InChI=1S/C18H16N4O5/c1-21-15-12(17(24)22(2)18(21)25)6-11(8-19-15)16(23)20-7-10-3-4-13-14(5-10)27-9-26-13/h3-6,8H,7,9H2,1-2H3,(H,20,23). The lowest BCUT2D eigenvalue weighted by molar-refractivity contribution is 0.0950. The molecule has 3 heterocycles. The number of hydrogen-bond donors (Lipinski definition) is 1. The van der Waals surface area contributed by atoms with Crippen LogP contribution in [0.3, 0.4) is 0 Å². The number of aromatic nitrogens is 3. The zero-order valence-electron chi connectivity index (χ0n) is 14.7. The van der Waals surface area contributed by atoms with Gasteiger partial charge < -0.3 is 14.8 Å². The molecule has 1 aromatic carbocycles. The Hall–Kier alpha value is -3.62. The molecule has 27 heavy (non-hydrogen) atoms. The molecule has 1 amide bonds. The molecule has 0 aliphatic carbocycles. The van der Waals surface area contributed by atoms with Gasteiger partial charge >= 0.3 is 5.69 Å². The Balaban J connectivity index is 1.59. The van der Waals surface area contributed by atoms with E-state index < -0.39 is 11.2 Å². The van der Waals surface area contributed by atoms with Crippen LogP contribution in [0.1, 0.15) is 15.9 Å². The molecule has 4 rings (SSSR count). The maximum Gasteiger partial charge on any atom is 0.332 e. The molecule has 2 aromatic heterocycles. The van der Waals surface area contributed by atoms with E-state index in [0.29, 0.717) is 11.5 Å². The molecule has 0 saturated carbocycles. The normalized spacial score (nSPS) is 12.4. The van der Waals surface area contributed by atoms with Crippen molar-refractivity contribution in [2.24, 2.45) is 14.1 Å². The SMILES string of the molecule is Cn1c(=O)c2cc(C(=O)NCc3ccc4c(c3)OCO4)cnc2n(C)c1=O. The maximum absolute atomic E-state index is 12.5. The van der Waals surface area contributed by atoms with Crippen molar-refractivity contribution in [1.82, 2.24) is 19.4 Å². The number of fused-ring (bicyclic) bond motifs is 2. The van der Waals surface area contributed by atoms with Gasteiger partial charge in [-0.2, -0.15) is 0 Å². The fourth-order valence-electron chi connectivity index (χ4n) is 2.92. The molecule has 0 spiro atoms. The van der Waals surface area contributed by atoms with Gasteiger partial charge in [-0.3, -0.25) is 18.7 Å². The molecule has 0 saturated heterocycles. The monoisotopic (exact) mass is 368 g/mol. The van der Waals surface area contributed by atoms with Gasteiger partial charge in [-0.05, 0) is 23.8 Å². The highest BCUT2D eigenvalue weighted by Gasteiger charge is 2.15. The van der Waals surface area contributed by atoms with Gasteiger partial charge in [0, 0.05) is 26.8 Å². The van der Waals surface area contributed by atoms with E-state index in [9.17, 15) is 14.4 Å². The molecule has 0 fully saturated rings. The number of rotatable bonds is 3. The third kappa shape index (κ3) is 2.82. The summed E-state index contributed by atoms with van der Waals surface area (Å²) in [7, 11) is 2.91. The molecule has 1 N–H and O–H groups in total. The van der Waals surface area contributed by atoms with Crippen molar-refractivity contribution in [3.05, 3.63) is 62.4 Å². The summed E-state index contributed by atoms with van der Waals surface area (Å²) in [5, 5.41) is 2.98. The van der Waals surface area contributed by atoms with Crippen LogP contribution >= 0.6 is 0 Å². The Bertz CT molecular complexity index is 1190. The van der Waals surface area contributed by atoms with Crippen molar-refractivity contribution in [3.63, 3.8) is 0 Å². The van der Waals surface area contributed by atoms with Gasteiger partial charge in [-0.15, -0.1) is 0 Å². The lowest BCUT2D eigenvalue weighted by Gasteiger charge is -2.09. The average Bonchev–Trinajstić information content (AvgIpc) is 3.16. The first-order chi connectivity index (χ1) is 13.0. The van der Waals surface area contributed by atoms with Crippen LogP contribution in [0.25, 0.3) is 11.0 Å². The second-order valence-corrected chi connectivity index (χ2v) is 6.17. The van der Waals surface area contributed by atoms with Crippen LogP contribution in [-0.2, 0) is 20.6 Å². The molecule has 0 radical (unpaired) electrons. The van der Waals surface area contributed by atoms with Crippen LogP contribution in [-0.4, -0.2) is 26.8 Å². The quantitative estimate of drug-likeness (QED) is 0.713. The Labute approximate surface area is 152 Å². The summed E-state index contributed by atoms with van der Waals surface area (Å²) in [6.07, 6.45) is 1.34. The van der Waals surface area contributed by atoms with E-state index in [-0.39, 0.29) is 35.8 Å². The second kappa shape index (κ2) is 6.27. The maximum atomic E-state index is 12.5. The van der Waals surface area contributed by atoms with Crippen LogP contribution in [0.5, 0.6) is 11.5 Å². The van der Waals surface area contributed by atoms with Gasteiger partial charge in [0.05, 0.1) is 10.9 Å². The van der Waals surface area contributed by atoms with Crippen molar-refractivity contribution in [2.75, 3.05) is 6.79 Å². The molecule has 0 bridgehead atoms. The number of hydrogen-bond acceptors (Lipinski definition) is 6. The van der Waals surface area contributed by atoms with Crippen molar-refractivity contribution in [1.29, 1.82) is 0 Å². The number of nitrogens with one attached hydrogen (secondary N) is 1. The molecule has 138 valence electrons. The molecular weight excluding hydrogens is 352 g/mol. The van der Waals surface area contributed by atoms with Crippen molar-refractivity contribution in [2.45, 2.75) is 6.54 Å². The third-order valence-electron chi connectivity index (χ3n) is 4.45. The topological polar surface area (TPSA) is 104 Å². The second-order valence-electron chi connectivity index (χ2n) is 6.17. The summed E-state index contributed by atoms with van der Waals surface area (Å²) < 4.78 is 12.8. The summed E-state index contributed by atoms with van der Waals surface area (Å²) in [5.41, 5.74) is 0.347. The number of benzene rings is 1. The van der Waals surface area contributed by atoms with E-state index in [1.54, 1.807) is 12.1 Å². The van der Waals surface area contributed by atoms with Gasteiger partial charge in [0.2, 0.25) is 6.79 Å². The third-order valence-corrected chi connectivity index (χ3v) is 4.45. The van der Waals surface area contributed by atoms with Gasteiger partial charge in [0.25, 0.3) is 11.5 Å². The smallest absolute Gasteiger partial charge is 0.332 e. The Kier molecular flexibility index (Phi) is 3.91. The Morgan fingerprint density at radius 1 is 1.15 bits per heavy atom. The van der Waals surface area contributed by atoms with Gasteiger partial charge in [-0.25, -0.2) is 9.78 Å². The lowest BCUT2D eigenvalue weighted by Crippen LogP contribution is -2.37. The number of ether oxygens (including phenoxy) is 2. The Morgan fingerprint density at radius 3 is 2.74 bits per heavy atom. The molecule has 1 aliphatic heterocycles. The number of nitrogens with zero attached hydrogens (tertiary/aromatic N) is 3. The molecular formula is C18H16N4O5. The van der Waals surface area contributed by atoms with E-state index >= 15 is 0 Å². The number of amides is 1. The largest absolute Gasteiger partial charge is 0.454 e. The van der Waals surface area contributed by atoms with E-state index in [4.69, 9.17) is 9.47 Å². The summed E-state index contributed by atoms with van der Waals surface area (Å²) in [5.74, 6) is 0.932. The van der Waals surface area contributed by atoms with E-state index in [2.05, 4.69) is 10.3 Å². The first-order valence-electron chi connectivity index (χ1n) is 8.18. The van der Waals surface area contributed by atoms with E-state index in [0.717, 1.165) is 10.1 Å². The fourth-order valence-corrected chi connectivity index (χ4v) is 2.92. The van der Waals surface area contributed by atoms with Crippen LogP contribution in [0.2, 0.25) is 0 Å². The summed E-state index contributed by atoms with van der Waals surface area (Å²) in [4.78, 5) is 40.8. The van der Waals surface area contributed by atoms with E-state index in [1.807, 2.05) is 6.07 Å². The van der Waals surface area contributed by atoms with Crippen molar-refractivity contribution >= 4 is 16.9 Å². The first kappa shape index (κ1) is 16.8. The Morgan fingerprint density at radius 2 is 1.93 bits per heavy atom. The number of carbonyl (C=O) groups is 1. The molecule has 9 heteroatoms. The van der Waals surface area contributed by atoms with Crippen LogP contribution in [0.4, 0.5) is 0 Å². The molecule has 1 aliphatic rings. The number of aryl methyl sites for hydroxylation is 1. The number of carbonyl (C=O) groups excluding carboxylic acids is 1. The van der Waals surface area contributed by atoms with Crippen molar-refractivity contribution < 1.29 is 14.3 Å². The predicted molar refractivity (Wildman–Crippen MR) is 96.0 cm³/mol. The molecule has 9 nitrogen and oxygen atoms in total. The summed E-state index contributed by atoms with van der Waals surface area (Å²) >= 11 is 0. The minimum atomic E-state index is -0.494. The molecule has 3 aromatic rings. The van der Waals surface area contributed by atoms with Gasteiger partial charge in [-0.1, -0.05) is 6.07 Å². The summed E-state index contributed by atoms with van der Waals surface area (Å²) in [6, 6.07) is 6.86. The first-order valence-corrected chi connectivity index (χ1v) is 8.18. The van der Waals surface area contributed by atoms with Crippen molar-refractivity contribution in [3.8, 4) is 11.5 Å². The zero-order valence-corrected chi connectivity index (χ0v) is 14.7. The fraction of sp³-hybridized carbons (Fsp3) is 0.222. The van der Waals surface area contributed by atoms with E-state index in [1.165, 1.54) is 30.9 Å². The average molecular weight is 368 g/mol. The van der Waals surface area contributed by atoms with Crippen LogP contribution in [0, 0.1) is 0 Å². The highest BCUT2D eigenvalue weighted by atomic mass is 16.7. The van der Waals surface area contributed by atoms with Crippen LogP contribution < -0.4 is 26.0 Å².